The second-order valence-corrected chi connectivity index (χ2v) is 20.1. The minimum absolute atomic E-state index is 0.596. The molecule has 320 valence electrons. The molecule has 0 aromatic rings. The topological polar surface area (TPSA) is 244 Å². The first kappa shape index (κ1) is 53.2. The predicted molar refractivity (Wildman–Crippen MR) is 208 cm³/mol. The first-order valence-corrected chi connectivity index (χ1v) is 23.9. The van der Waals surface area contributed by atoms with E-state index in [1.54, 1.807) is 27.7 Å². The van der Waals surface area contributed by atoms with E-state index in [-0.39, 0.29) is 0 Å². The van der Waals surface area contributed by atoms with Gasteiger partial charge in [0.2, 0.25) is 0 Å². The summed E-state index contributed by atoms with van der Waals surface area (Å²) in [6.45, 7) is 19.2. The molecule has 8 N–H and O–H groups in total. The van der Waals surface area contributed by atoms with E-state index in [2.05, 4.69) is 0 Å². The summed E-state index contributed by atoms with van der Waals surface area (Å²) in [5.41, 5.74) is 13.2. The normalized spacial score (nSPS) is 16.7. The molecule has 0 aliphatic heterocycles. The van der Waals surface area contributed by atoms with Crippen molar-refractivity contribution in [2.45, 2.75) is 168 Å². The molecule has 2 atom stereocenters. The fourth-order valence-electron chi connectivity index (χ4n) is 5.55. The summed E-state index contributed by atoms with van der Waals surface area (Å²) in [6, 6.07) is 0. The quantitative estimate of drug-likeness (QED) is 0.0298. The van der Waals surface area contributed by atoms with Crippen LogP contribution < -0.4 is 16.5 Å². The van der Waals surface area contributed by atoms with Crippen molar-refractivity contribution in [1.82, 2.24) is 0 Å². The highest BCUT2D eigenvalue weighted by Crippen LogP contribution is 2.49. The van der Waals surface area contributed by atoms with E-state index in [1.165, 1.54) is 0 Å². The van der Waals surface area contributed by atoms with Crippen LogP contribution in [0.15, 0.2) is 0 Å². The van der Waals surface area contributed by atoms with Gasteiger partial charge in [-0.1, -0.05) is 0 Å². The standard InChI is InChI=1S/C34H76N3O13P3/c1-31(2,47-51(35,38)39)19-9-13-23-43-27-17-29-45-25-15-11-21-33(5,6)49-53(37,42)50-34(7,8)22-12-16-26-46-30-18-28-44-24-14-10-20-32(3,4)48-52(36,40)41/h9-30H2,1-8H3,(H2,37,42)(H3,35,38,39)(H3,36,40,41). The summed E-state index contributed by atoms with van der Waals surface area (Å²) >= 11 is 0. The molecule has 16 nitrogen and oxygen atoms in total. The van der Waals surface area contributed by atoms with Gasteiger partial charge in [0.1, 0.15) is 0 Å². The Morgan fingerprint density at radius 3 is 0.811 bits per heavy atom. The molecule has 0 aliphatic carbocycles. The second kappa shape index (κ2) is 26.2. The van der Waals surface area contributed by atoms with Crippen molar-refractivity contribution in [2.75, 3.05) is 52.9 Å². The van der Waals surface area contributed by atoms with Crippen molar-refractivity contribution in [3.05, 3.63) is 0 Å². The lowest BCUT2D eigenvalue weighted by molar-refractivity contribution is 0.0198. The number of hydrogen-bond acceptors (Lipinski definition) is 11. The molecule has 2 unspecified atom stereocenters. The Kier molecular flexibility index (Phi) is 26.3. The van der Waals surface area contributed by atoms with Gasteiger partial charge in [0.25, 0.3) is 0 Å². The maximum absolute atomic E-state index is 13.1. The minimum Gasteiger partial charge on any atom is -0.381 e. The smallest absolute Gasteiger partial charge is 0.381 e. The summed E-state index contributed by atoms with van der Waals surface area (Å²) in [6.07, 6.45) is 10.6. The number of rotatable bonds is 36. The molecule has 0 amide bonds. The van der Waals surface area contributed by atoms with Gasteiger partial charge < -0.3 is 28.7 Å². The molecule has 0 aromatic heterocycles. The van der Waals surface area contributed by atoms with Crippen molar-refractivity contribution >= 4 is 23.2 Å². The third-order valence-corrected chi connectivity index (χ3v) is 10.9. The van der Waals surface area contributed by atoms with Gasteiger partial charge in [0.15, 0.2) is 0 Å². The third-order valence-electron chi connectivity index (χ3n) is 7.93. The van der Waals surface area contributed by atoms with Gasteiger partial charge in [0, 0.05) is 52.9 Å². The van der Waals surface area contributed by atoms with Crippen molar-refractivity contribution < 1.29 is 60.5 Å². The average Bonchev–Trinajstić information content (AvgIpc) is 2.94. The summed E-state index contributed by atoms with van der Waals surface area (Å²) < 4.78 is 79.9. The molecule has 0 rings (SSSR count). The van der Waals surface area contributed by atoms with Gasteiger partial charge in [-0.15, -0.1) is 0 Å². The van der Waals surface area contributed by atoms with Crippen LogP contribution in [0.25, 0.3) is 0 Å². The van der Waals surface area contributed by atoms with E-state index in [1.807, 2.05) is 27.7 Å². The van der Waals surface area contributed by atoms with Crippen LogP contribution in [0.3, 0.4) is 0 Å². The molecule has 0 fully saturated rings. The van der Waals surface area contributed by atoms with Crippen molar-refractivity contribution in [1.29, 1.82) is 0 Å². The van der Waals surface area contributed by atoms with Crippen molar-refractivity contribution in [3.8, 4) is 0 Å². The molecule has 53 heavy (non-hydrogen) atoms. The number of unbranched alkanes of at least 4 members (excludes halogenated alkanes) is 4. The molecule has 0 aliphatic rings. The van der Waals surface area contributed by atoms with E-state index in [9.17, 15) is 23.5 Å². The van der Waals surface area contributed by atoms with Gasteiger partial charge in [-0.2, -0.15) is 0 Å². The SMILES string of the molecule is CC(C)(CCCCOCCCOCCCCC(C)(C)OP(N)(=O)OC(C)(C)CCCCOCCCOCCCCC(C)(C)OP(N)(=O)O)OP(N)(=O)O. The molecule has 0 saturated carbocycles. The van der Waals surface area contributed by atoms with Crippen LogP contribution in [0.5, 0.6) is 0 Å². The Morgan fingerprint density at radius 2 is 0.585 bits per heavy atom. The zero-order valence-corrected chi connectivity index (χ0v) is 36.7. The van der Waals surface area contributed by atoms with Crippen LogP contribution in [0, 0.1) is 0 Å². The zero-order chi connectivity index (χ0) is 40.7. The van der Waals surface area contributed by atoms with Crippen LogP contribution >= 0.6 is 23.2 Å². The van der Waals surface area contributed by atoms with Gasteiger partial charge in [0.05, 0.1) is 22.4 Å². The molecule has 19 heteroatoms. The summed E-state index contributed by atoms with van der Waals surface area (Å²) in [5, 5.41) is 0. The van der Waals surface area contributed by atoms with E-state index in [0.29, 0.717) is 78.5 Å². The van der Waals surface area contributed by atoms with Gasteiger partial charge in [-0.05, 0) is 145 Å². The molecule has 0 heterocycles. The highest BCUT2D eigenvalue weighted by atomic mass is 31.2. The van der Waals surface area contributed by atoms with Crippen LogP contribution in [0.2, 0.25) is 0 Å². The van der Waals surface area contributed by atoms with E-state index < -0.39 is 45.6 Å². The summed E-state index contributed by atoms with van der Waals surface area (Å²) in [7, 11) is -11.8. The number of nitrogens with two attached hydrogens (primary N) is 3. The van der Waals surface area contributed by atoms with Crippen LogP contribution in [0.4, 0.5) is 0 Å². The van der Waals surface area contributed by atoms with Gasteiger partial charge >= 0.3 is 23.2 Å². The van der Waals surface area contributed by atoms with E-state index in [0.717, 1.165) is 64.2 Å². The molecule has 0 saturated heterocycles. The first-order valence-electron chi connectivity index (χ1n) is 19.0. The van der Waals surface area contributed by atoms with Crippen LogP contribution in [0.1, 0.15) is 145 Å². The largest absolute Gasteiger partial charge is 0.403 e. The molecule has 0 spiro atoms. The second-order valence-electron chi connectivity index (χ2n) is 16.1. The lowest BCUT2D eigenvalue weighted by Gasteiger charge is -2.33. The van der Waals surface area contributed by atoms with E-state index >= 15 is 0 Å². The highest BCUT2D eigenvalue weighted by Gasteiger charge is 2.35. The molecular weight excluding hydrogens is 751 g/mol. The zero-order valence-electron chi connectivity index (χ0n) is 34.0. The lowest BCUT2D eigenvalue weighted by atomic mass is 10.0. The minimum atomic E-state index is -4.00. The monoisotopic (exact) mass is 827 g/mol. The Labute approximate surface area is 320 Å². The van der Waals surface area contributed by atoms with Crippen LogP contribution in [-0.2, 0) is 50.7 Å². The molecular formula is C34H76N3O13P3. The first-order chi connectivity index (χ1) is 24.2. The average molecular weight is 828 g/mol. The van der Waals surface area contributed by atoms with Gasteiger partial charge in [-0.3, -0.25) is 18.1 Å². The highest BCUT2D eigenvalue weighted by molar-refractivity contribution is 7.51. The Bertz CT molecular complexity index is 1020. The summed E-state index contributed by atoms with van der Waals surface area (Å²) in [4.78, 5) is 18.4. The fourth-order valence-corrected chi connectivity index (χ4v) is 8.75. The summed E-state index contributed by atoms with van der Waals surface area (Å²) in [5.74, 6) is 0. The maximum Gasteiger partial charge on any atom is 0.403 e. The van der Waals surface area contributed by atoms with E-state index in [4.69, 9.17) is 53.6 Å². The van der Waals surface area contributed by atoms with Gasteiger partial charge in [-0.25, -0.2) is 30.2 Å². The predicted octanol–water partition coefficient (Wildman–Crippen LogP) is 7.88. The van der Waals surface area contributed by atoms with Crippen molar-refractivity contribution in [2.24, 2.45) is 16.5 Å². The Hall–Kier alpha value is 0.170. The fraction of sp³-hybridized carbons (Fsp3) is 1.00. The Morgan fingerprint density at radius 1 is 0.377 bits per heavy atom. The third kappa shape index (κ3) is 36.3. The number of hydrogen-bond donors (Lipinski definition) is 5. The van der Waals surface area contributed by atoms with Crippen molar-refractivity contribution in [3.63, 3.8) is 0 Å². The Balaban J connectivity index is 3.89. The molecule has 0 bridgehead atoms. The lowest BCUT2D eigenvalue weighted by Crippen LogP contribution is -2.30. The molecule has 0 aromatic carbocycles. The maximum atomic E-state index is 13.1. The van der Waals surface area contributed by atoms with Crippen LogP contribution in [-0.4, -0.2) is 85.0 Å². The number of ether oxygens (including phenoxy) is 4. The molecule has 0 radical (unpaired) electrons.